The summed E-state index contributed by atoms with van der Waals surface area (Å²) in [4.78, 5) is 26.5. The van der Waals surface area contributed by atoms with Gasteiger partial charge in [-0.2, -0.15) is 0 Å². The minimum Gasteiger partial charge on any atom is -0.508 e. The van der Waals surface area contributed by atoms with Crippen LogP contribution in [0, 0.1) is 0 Å². The molecular formula is C20H25NO7S. The van der Waals surface area contributed by atoms with Gasteiger partial charge in [0.1, 0.15) is 11.3 Å². The van der Waals surface area contributed by atoms with Crippen molar-refractivity contribution in [3.05, 3.63) is 30.0 Å². The number of nitrogens with zero attached hydrogens (tertiary/aromatic N) is 1. The van der Waals surface area contributed by atoms with Gasteiger partial charge in [0.25, 0.3) is 5.91 Å². The Morgan fingerprint density at radius 2 is 2.14 bits per heavy atom. The lowest BCUT2D eigenvalue weighted by atomic mass is 10.1. The molecule has 0 radical (unpaired) electrons. The van der Waals surface area contributed by atoms with Crippen molar-refractivity contribution in [1.82, 2.24) is 4.90 Å². The lowest BCUT2D eigenvalue weighted by Gasteiger charge is -2.33. The first-order chi connectivity index (χ1) is 13.7. The van der Waals surface area contributed by atoms with Crippen molar-refractivity contribution in [2.75, 3.05) is 18.1 Å². The summed E-state index contributed by atoms with van der Waals surface area (Å²) in [6.45, 7) is 3.34. The van der Waals surface area contributed by atoms with Crippen molar-refractivity contribution < 1.29 is 32.3 Å². The Bertz CT molecular complexity index is 1010. The highest BCUT2D eigenvalue weighted by molar-refractivity contribution is 7.91. The van der Waals surface area contributed by atoms with Crippen LogP contribution in [0.5, 0.6) is 5.75 Å². The third kappa shape index (κ3) is 4.90. The van der Waals surface area contributed by atoms with E-state index in [4.69, 9.17) is 9.15 Å². The molecule has 0 bridgehead atoms. The van der Waals surface area contributed by atoms with Gasteiger partial charge in [-0.05, 0) is 31.9 Å². The number of esters is 1. The highest BCUT2D eigenvalue weighted by Gasteiger charge is 2.36. The number of amides is 1. The molecule has 1 fully saturated rings. The molecule has 1 N–H and O–H groups in total. The number of phenols is 1. The number of rotatable bonds is 7. The van der Waals surface area contributed by atoms with Crippen LogP contribution in [0.3, 0.4) is 0 Å². The number of benzene rings is 1. The van der Waals surface area contributed by atoms with Crippen LogP contribution < -0.4 is 0 Å². The summed E-state index contributed by atoms with van der Waals surface area (Å²) in [7, 11) is -3.14. The molecule has 1 amide bonds. The molecule has 8 nitrogen and oxygen atoms in total. The predicted octanol–water partition coefficient (Wildman–Crippen LogP) is 2.04. The molecule has 158 valence electrons. The average Bonchev–Trinajstić information content (AvgIpc) is 3.22. The number of carbonyl (C=O) groups excluding carboxylic acids is 2. The second-order valence-corrected chi connectivity index (χ2v) is 9.62. The van der Waals surface area contributed by atoms with Gasteiger partial charge in [-0.3, -0.25) is 9.59 Å². The van der Waals surface area contributed by atoms with E-state index in [9.17, 15) is 23.1 Å². The Balaban J connectivity index is 1.62. The Labute approximate surface area is 169 Å². The zero-order chi connectivity index (χ0) is 21.2. The number of fused-ring (bicyclic) bond motifs is 1. The van der Waals surface area contributed by atoms with Crippen molar-refractivity contribution in [2.45, 2.75) is 45.2 Å². The maximum Gasteiger partial charge on any atom is 0.310 e. The molecular weight excluding hydrogens is 398 g/mol. The van der Waals surface area contributed by atoms with Gasteiger partial charge in [-0.1, -0.05) is 6.92 Å². The van der Waals surface area contributed by atoms with Crippen LogP contribution in [0.2, 0.25) is 0 Å². The van der Waals surface area contributed by atoms with Gasteiger partial charge in [0.05, 0.1) is 24.2 Å². The van der Waals surface area contributed by atoms with E-state index < -0.39 is 28.3 Å². The van der Waals surface area contributed by atoms with Crippen molar-refractivity contribution in [2.24, 2.45) is 0 Å². The minimum absolute atomic E-state index is 0.0507. The number of hydrogen-bond acceptors (Lipinski definition) is 7. The fourth-order valence-corrected chi connectivity index (χ4v) is 5.34. The van der Waals surface area contributed by atoms with Crippen LogP contribution in [-0.2, 0) is 30.6 Å². The average molecular weight is 423 g/mol. The largest absolute Gasteiger partial charge is 0.508 e. The van der Waals surface area contributed by atoms with E-state index in [-0.39, 0.29) is 35.8 Å². The molecule has 0 unspecified atom stereocenters. The maximum atomic E-state index is 12.7. The first kappa shape index (κ1) is 21.2. The second-order valence-electron chi connectivity index (χ2n) is 7.39. The first-order valence-electron chi connectivity index (χ1n) is 9.56. The zero-order valence-corrected chi connectivity index (χ0v) is 17.3. The summed E-state index contributed by atoms with van der Waals surface area (Å²) in [6, 6.07) is 4.06. The van der Waals surface area contributed by atoms with Gasteiger partial charge in [-0.15, -0.1) is 0 Å². The minimum atomic E-state index is -3.14. The van der Waals surface area contributed by atoms with E-state index in [0.29, 0.717) is 29.4 Å². The van der Waals surface area contributed by atoms with E-state index in [1.807, 2.05) is 13.8 Å². The number of phenolic OH excluding ortho intramolecular Hbond substituents is 1. The van der Waals surface area contributed by atoms with Crippen LogP contribution in [0.15, 0.2) is 28.9 Å². The van der Waals surface area contributed by atoms with Crippen molar-refractivity contribution >= 4 is 32.7 Å². The molecule has 1 aromatic heterocycles. The predicted molar refractivity (Wildman–Crippen MR) is 106 cm³/mol. The van der Waals surface area contributed by atoms with Crippen molar-refractivity contribution in [1.29, 1.82) is 0 Å². The topological polar surface area (TPSA) is 114 Å². The van der Waals surface area contributed by atoms with Gasteiger partial charge in [0.2, 0.25) is 0 Å². The van der Waals surface area contributed by atoms with Gasteiger partial charge < -0.3 is 19.2 Å². The van der Waals surface area contributed by atoms with E-state index in [1.165, 1.54) is 18.4 Å². The summed E-state index contributed by atoms with van der Waals surface area (Å²) in [6.07, 6.45) is 2.42. The number of ether oxygens (including phenoxy) is 1. The van der Waals surface area contributed by atoms with Crippen LogP contribution in [0.4, 0.5) is 0 Å². The standard InChI is InChI=1S/C20H25NO7S/c1-3-13(2)21(15-6-7-29(25,26)12-15)19(23)11-28-20(24)8-14-10-27-18-9-16(22)4-5-17(14)18/h4-5,9-10,13,15,22H,3,6-8,11-12H2,1-2H3/t13-,15+/m1/s1. The van der Waals surface area contributed by atoms with Crippen LogP contribution in [0.25, 0.3) is 11.0 Å². The van der Waals surface area contributed by atoms with Crippen LogP contribution >= 0.6 is 0 Å². The molecule has 2 aromatic rings. The SMILES string of the molecule is CC[C@@H](C)N(C(=O)COC(=O)Cc1coc2cc(O)ccc12)[C@H]1CCS(=O)(=O)C1. The number of sulfone groups is 1. The van der Waals surface area contributed by atoms with E-state index in [0.717, 1.165) is 0 Å². The van der Waals surface area contributed by atoms with Crippen LogP contribution in [0.1, 0.15) is 32.3 Å². The molecule has 1 aromatic carbocycles. The molecule has 0 saturated carbocycles. The molecule has 0 spiro atoms. The summed E-state index contributed by atoms with van der Waals surface area (Å²) in [5, 5.41) is 10.2. The third-order valence-electron chi connectivity index (χ3n) is 5.29. The number of furan rings is 1. The van der Waals surface area contributed by atoms with Crippen molar-refractivity contribution in [3.63, 3.8) is 0 Å². The Morgan fingerprint density at radius 3 is 2.79 bits per heavy atom. The lowest BCUT2D eigenvalue weighted by molar-refractivity contribution is -0.153. The summed E-state index contributed by atoms with van der Waals surface area (Å²) >= 11 is 0. The fourth-order valence-electron chi connectivity index (χ4n) is 3.63. The molecule has 3 rings (SSSR count). The van der Waals surface area contributed by atoms with Gasteiger partial charge in [0.15, 0.2) is 16.4 Å². The zero-order valence-electron chi connectivity index (χ0n) is 16.5. The summed E-state index contributed by atoms with van der Waals surface area (Å²) < 4.78 is 34.1. The normalized spacial score (nSPS) is 19.2. The summed E-state index contributed by atoms with van der Waals surface area (Å²) in [5.41, 5.74) is 1.05. The highest BCUT2D eigenvalue weighted by Crippen LogP contribution is 2.26. The van der Waals surface area contributed by atoms with E-state index in [1.54, 1.807) is 11.0 Å². The van der Waals surface area contributed by atoms with Gasteiger partial charge in [0, 0.05) is 29.1 Å². The highest BCUT2D eigenvalue weighted by atomic mass is 32.2. The Kier molecular flexibility index (Phi) is 6.16. The third-order valence-corrected chi connectivity index (χ3v) is 7.04. The molecule has 9 heteroatoms. The van der Waals surface area contributed by atoms with Crippen molar-refractivity contribution in [3.8, 4) is 5.75 Å². The number of aromatic hydroxyl groups is 1. The molecule has 1 aliphatic rings. The molecule has 2 heterocycles. The second kappa shape index (κ2) is 8.44. The van der Waals surface area contributed by atoms with Gasteiger partial charge >= 0.3 is 5.97 Å². The molecule has 1 aliphatic heterocycles. The van der Waals surface area contributed by atoms with E-state index in [2.05, 4.69) is 0 Å². The smallest absolute Gasteiger partial charge is 0.310 e. The van der Waals surface area contributed by atoms with Gasteiger partial charge in [-0.25, -0.2) is 8.42 Å². The number of hydrogen-bond donors (Lipinski definition) is 1. The quantitative estimate of drug-likeness (QED) is 0.678. The Morgan fingerprint density at radius 1 is 1.38 bits per heavy atom. The van der Waals surface area contributed by atoms with Crippen LogP contribution in [-0.4, -0.2) is 60.5 Å². The molecule has 29 heavy (non-hydrogen) atoms. The maximum absolute atomic E-state index is 12.7. The lowest BCUT2D eigenvalue weighted by Crippen LogP contribution is -2.48. The summed E-state index contributed by atoms with van der Waals surface area (Å²) in [5.74, 6) is -0.897. The number of carbonyl (C=O) groups is 2. The Hall–Kier alpha value is -2.55. The molecule has 0 aliphatic carbocycles. The first-order valence-corrected chi connectivity index (χ1v) is 11.4. The molecule has 2 atom stereocenters. The fraction of sp³-hybridized carbons (Fsp3) is 0.500. The molecule has 1 saturated heterocycles. The van der Waals surface area contributed by atoms with E-state index >= 15 is 0 Å². The monoisotopic (exact) mass is 423 g/mol.